The zero-order valence-electron chi connectivity index (χ0n) is 17.9. The van der Waals surface area contributed by atoms with E-state index in [4.69, 9.17) is 4.74 Å². The molecule has 4 rings (SSSR count). The maximum absolute atomic E-state index is 13.8. The molecule has 2 aromatic carbocycles. The number of rotatable bonds is 6. The number of nitrogens with zero attached hydrogens (tertiary/aromatic N) is 5. The summed E-state index contributed by atoms with van der Waals surface area (Å²) in [6, 6.07) is 15.8. The SMILES string of the molecule is CCc1cccc(-c2ccc(OCc3ccccc3-n3nnn(C)c3=O)c(C(F)(F)F)c2)n1. The Kier molecular flexibility index (Phi) is 5.99. The molecule has 10 heteroatoms. The van der Waals surface area contributed by atoms with Crippen molar-refractivity contribution in [1.29, 1.82) is 0 Å². The van der Waals surface area contributed by atoms with Gasteiger partial charge in [-0.25, -0.2) is 4.79 Å². The predicted octanol–water partition coefficient (Wildman–Crippen LogP) is 4.19. The van der Waals surface area contributed by atoms with E-state index in [0.29, 0.717) is 28.9 Å². The number of benzene rings is 2. The standard InChI is InChI=1S/C23H20F3N5O2/c1-3-17-8-6-9-19(27-17)15-11-12-21(18(13-15)23(24,25)26)33-14-16-7-4-5-10-20(16)31-22(32)30(2)28-29-31/h4-13H,3,14H2,1-2H3. The van der Waals surface area contributed by atoms with Crippen molar-refractivity contribution in [1.82, 2.24) is 24.8 Å². The van der Waals surface area contributed by atoms with Crippen molar-refractivity contribution in [3.63, 3.8) is 0 Å². The molecule has 0 radical (unpaired) electrons. The quantitative estimate of drug-likeness (QED) is 0.436. The van der Waals surface area contributed by atoms with Gasteiger partial charge in [0.25, 0.3) is 0 Å². The summed E-state index contributed by atoms with van der Waals surface area (Å²) in [6.07, 6.45) is -3.95. The molecule has 2 heterocycles. The number of para-hydroxylation sites is 1. The molecule has 0 aliphatic rings. The van der Waals surface area contributed by atoms with Gasteiger partial charge in [-0.05, 0) is 53.2 Å². The van der Waals surface area contributed by atoms with Crippen LogP contribution in [0.3, 0.4) is 0 Å². The number of alkyl halides is 3. The highest BCUT2D eigenvalue weighted by Crippen LogP contribution is 2.39. The zero-order valence-corrected chi connectivity index (χ0v) is 17.9. The van der Waals surface area contributed by atoms with Crippen molar-refractivity contribution in [3.05, 3.63) is 88.0 Å². The lowest BCUT2D eigenvalue weighted by Gasteiger charge is -2.16. The molecular weight excluding hydrogens is 435 g/mol. The Bertz CT molecular complexity index is 1340. The summed E-state index contributed by atoms with van der Waals surface area (Å²) in [7, 11) is 1.45. The van der Waals surface area contributed by atoms with Gasteiger partial charge in [-0.3, -0.25) is 4.98 Å². The Hall–Kier alpha value is -3.95. The van der Waals surface area contributed by atoms with Crippen molar-refractivity contribution in [2.24, 2.45) is 7.05 Å². The molecule has 0 unspecified atom stereocenters. The molecule has 0 saturated carbocycles. The fraction of sp³-hybridized carbons (Fsp3) is 0.217. The van der Waals surface area contributed by atoms with Crippen LogP contribution >= 0.6 is 0 Å². The van der Waals surface area contributed by atoms with E-state index >= 15 is 0 Å². The van der Waals surface area contributed by atoms with E-state index in [1.54, 1.807) is 42.5 Å². The first-order valence-corrected chi connectivity index (χ1v) is 10.2. The van der Waals surface area contributed by atoms with Crippen molar-refractivity contribution in [2.45, 2.75) is 26.1 Å². The minimum Gasteiger partial charge on any atom is -0.488 e. The van der Waals surface area contributed by atoms with Crippen LogP contribution in [-0.2, 0) is 26.3 Å². The highest BCUT2D eigenvalue weighted by molar-refractivity contribution is 5.62. The van der Waals surface area contributed by atoms with Crippen LogP contribution in [0.1, 0.15) is 23.7 Å². The first kappa shape index (κ1) is 22.3. The maximum Gasteiger partial charge on any atom is 0.419 e. The fourth-order valence-corrected chi connectivity index (χ4v) is 3.33. The summed E-state index contributed by atoms with van der Waals surface area (Å²) in [4.78, 5) is 16.6. The number of aromatic nitrogens is 5. The smallest absolute Gasteiger partial charge is 0.419 e. The summed E-state index contributed by atoms with van der Waals surface area (Å²) < 4.78 is 49.3. The largest absolute Gasteiger partial charge is 0.488 e. The lowest BCUT2D eigenvalue weighted by molar-refractivity contribution is -0.139. The molecule has 0 aliphatic carbocycles. The van der Waals surface area contributed by atoms with E-state index in [2.05, 4.69) is 15.4 Å². The van der Waals surface area contributed by atoms with Gasteiger partial charge in [-0.2, -0.15) is 22.5 Å². The second-order valence-electron chi connectivity index (χ2n) is 7.29. The lowest BCUT2D eigenvalue weighted by atomic mass is 10.1. The molecule has 0 N–H and O–H groups in total. The molecule has 0 fully saturated rings. The lowest BCUT2D eigenvalue weighted by Crippen LogP contribution is -2.23. The Balaban J connectivity index is 1.67. The van der Waals surface area contributed by atoms with Crippen LogP contribution < -0.4 is 10.4 Å². The van der Waals surface area contributed by atoms with Crippen LogP contribution in [0.25, 0.3) is 16.9 Å². The van der Waals surface area contributed by atoms with Gasteiger partial charge in [0.1, 0.15) is 12.4 Å². The van der Waals surface area contributed by atoms with Crippen LogP contribution in [0, 0.1) is 0 Å². The minimum atomic E-state index is -4.63. The third-order valence-electron chi connectivity index (χ3n) is 5.07. The molecule has 33 heavy (non-hydrogen) atoms. The normalized spacial score (nSPS) is 11.5. The van der Waals surface area contributed by atoms with E-state index in [0.717, 1.165) is 21.1 Å². The molecule has 0 amide bonds. The molecule has 0 atom stereocenters. The van der Waals surface area contributed by atoms with Crippen LogP contribution in [-0.4, -0.2) is 24.8 Å². The van der Waals surface area contributed by atoms with E-state index in [-0.39, 0.29) is 12.4 Å². The number of hydrogen-bond donors (Lipinski definition) is 0. The molecule has 0 spiro atoms. The second-order valence-corrected chi connectivity index (χ2v) is 7.29. The average molecular weight is 455 g/mol. The zero-order chi connectivity index (χ0) is 23.6. The summed E-state index contributed by atoms with van der Waals surface area (Å²) in [5.41, 5.74) is 1.06. The topological polar surface area (TPSA) is 74.8 Å². The highest BCUT2D eigenvalue weighted by atomic mass is 19.4. The van der Waals surface area contributed by atoms with Gasteiger partial charge >= 0.3 is 11.9 Å². The predicted molar refractivity (Wildman–Crippen MR) is 115 cm³/mol. The fourth-order valence-electron chi connectivity index (χ4n) is 3.33. The molecule has 170 valence electrons. The van der Waals surface area contributed by atoms with E-state index in [1.807, 2.05) is 13.0 Å². The molecule has 2 aromatic heterocycles. The van der Waals surface area contributed by atoms with Crippen molar-refractivity contribution in [3.8, 4) is 22.7 Å². The van der Waals surface area contributed by atoms with Crippen molar-refractivity contribution < 1.29 is 17.9 Å². The van der Waals surface area contributed by atoms with Gasteiger partial charge in [0.15, 0.2) is 0 Å². The Morgan fingerprint density at radius 3 is 2.48 bits per heavy atom. The van der Waals surface area contributed by atoms with Gasteiger partial charge in [0.05, 0.1) is 16.9 Å². The first-order chi connectivity index (χ1) is 15.8. The van der Waals surface area contributed by atoms with Crippen molar-refractivity contribution >= 4 is 0 Å². The van der Waals surface area contributed by atoms with E-state index in [1.165, 1.54) is 13.1 Å². The highest BCUT2D eigenvalue weighted by Gasteiger charge is 2.35. The van der Waals surface area contributed by atoms with Gasteiger partial charge in [-0.15, -0.1) is 0 Å². The van der Waals surface area contributed by atoms with Crippen LogP contribution in [0.2, 0.25) is 0 Å². The molecule has 4 aromatic rings. The number of halogens is 3. The third kappa shape index (κ3) is 4.64. The number of tetrazole rings is 1. The molecule has 0 bridgehead atoms. The number of pyridine rings is 1. The number of aryl methyl sites for hydroxylation is 2. The molecule has 0 aliphatic heterocycles. The monoisotopic (exact) mass is 455 g/mol. The molecule has 7 nitrogen and oxygen atoms in total. The minimum absolute atomic E-state index is 0.203. The molecular formula is C23H20F3N5O2. The van der Waals surface area contributed by atoms with Crippen molar-refractivity contribution in [2.75, 3.05) is 0 Å². The summed E-state index contributed by atoms with van der Waals surface area (Å²) in [5.74, 6) is -0.320. The van der Waals surface area contributed by atoms with Crippen LogP contribution in [0.15, 0.2) is 65.5 Å². The number of hydrogen-bond acceptors (Lipinski definition) is 5. The van der Waals surface area contributed by atoms with E-state index < -0.39 is 17.4 Å². The molecule has 0 saturated heterocycles. The van der Waals surface area contributed by atoms with Crippen LogP contribution in [0.5, 0.6) is 5.75 Å². The Morgan fingerprint density at radius 2 is 1.79 bits per heavy atom. The second kappa shape index (κ2) is 8.89. The number of ether oxygens (including phenoxy) is 1. The van der Waals surface area contributed by atoms with Gasteiger partial charge in [0, 0.05) is 23.9 Å². The summed E-state index contributed by atoms with van der Waals surface area (Å²) in [6.45, 7) is 1.72. The summed E-state index contributed by atoms with van der Waals surface area (Å²) in [5, 5.41) is 7.46. The van der Waals surface area contributed by atoms with Crippen LogP contribution in [0.4, 0.5) is 13.2 Å². The van der Waals surface area contributed by atoms with E-state index in [9.17, 15) is 18.0 Å². The Labute approximate surface area is 187 Å². The van der Waals surface area contributed by atoms with Gasteiger partial charge in [0.2, 0.25) is 0 Å². The van der Waals surface area contributed by atoms with Gasteiger partial charge in [-0.1, -0.05) is 31.2 Å². The third-order valence-corrected chi connectivity index (χ3v) is 5.07. The van der Waals surface area contributed by atoms with Gasteiger partial charge < -0.3 is 4.74 Å². The first-order valence-electron chi connectivity index (χ1n) is 10.2. The average Bonchev–Trinajstić information content (AvgIpc) is 3.15. The Morgan fingerprint density at radius 1 is 1.00 bits per heavy atom. The maximum atomic E-state index is 13.8. The summed E-state index contributed by atoms with van der Waals surface area (Å²) >= 11 is 0.